The molecule has 0 aliphatic carbocycles. The fraction of sp³-hybridized carbons (Fsp3) is 0.333. The molecule has 3 aromatic rings. The van der Waals surface area contributed by atoms with Crippen LogP contribution in [0.4, 0.5) is 19.0 Å². The number of halogens is 3. The Morgan fingerprint density at radius 1 is 1.07 bits per heavy atom. The van der Waals surface area contributed by atoms with Crippen molar-refractivity contribution in [1.29, 1.82) is 0 Å². The Kier molecular flexibility index (Phi) is 4.86. The van der Waals surface area contributed by atoms with Crippen molar-refractivity contribution in [3.8, 4) is 11.4 Å². The molecular formula is C18H18F3N5O. The number of aromatic nitrogens is 4. The van der Waals surface area contributed by atoms with Crippen molar-refractivity contribution in [2.24, 2.45) is 0 Å². The lowest BCUT2D eigenvalue weighted by atomic mass is 9.94. The van der Waals surface area contributed by atoms with Crippen molar-refractivity contribution in [3.63, 3.8) is 0 Å². The predicted octanol–water partition coefficient (Wildman–Crippen LogP) is 4.46. The molecule has 0 spiro atoms. The van der Waals surface area contributed by atoms with Gasteiger partial charge in [0, 0.05) is 29.4 Å². The van der Waals surface area contributed by atoms with E-state index in [1.54, 1.807) is 18.3 Å². The van der Waals surface area contributed by atoms with Gasteiger partial charge >= 0.3 is 6.18 Å². The third-order valence-corrected chi connectivity index (χ3v) is 3.67. The Hall–Kier alpha value is -2.97. The Bertz CT molecular complexity index is 917. The molecule has 1 N–H and O–H groups in total. The van der Waals surface area contributed by atoms with Gasteiger partial charge in [-0.2, -0.15) is 13.2 Å². The standard InChI is InChI=1S/C18H18F3N5O/c1-17(2,3)13-9-24-15(27-13)10-23-14-8-12(18(19,20)21)25-16(26-14)11-4-6-22-7-5-11/h4-9H,10H2,1-3H3,(H,23,25,26). The van der Waals surface area contributed by atoms with E-state index in [0.717, 1.165) is 6.07 Å². The molecule has 0 saturated carbocycles. The van der Waals surface area contributed by atoms with Gasteiger partial charge in [-0.25, -0.2) is 15.0 Å². The minimum atomic E-state index is -4.59. The fourth-order valence-corrected chi connectivity index (χ4v) is 2.22. The second-order valence-corrected chi connectivity index (χ2v) is 6.92. The van der Waals surface area contributed by atoms with Crippen LogP contribution in [0, 0.1) is 0 Å². The van der Waals surface area contributed by atoms with Gasteiger partial charge in [0.15, 0.2) is 11.5 Å². The number of alkyl halides is 3. The van der Waals surface area contributed by atoms with Gasteiger partial charge in [-0.1, -0.05) is 20.8 Å². The van der Waals surface area contributed by atoms with Gasteiger partial charge in [0.2, 0.25) is 5.89 Å². The molecule has 0 aliphatic heterocycles. The number of pyridine rings is 1. The summed E-state index contributed by atoms with van der Waals surface area (Å²) < 4.78 is 45.2. The summed E-state index contributed by atoms with van der Waals surface area (Å²) in [4.78, 5) is 15.8. The highest BCUT2D eigenvalue weighted by Crippen LogP contribution is 2.31. The van der Waals surface area contributed by atoms with Crippen LogP contribution < -0.4 is 5.32 Å². The number of oxazole rings is 1. The van der Waals surface area contributed by atoms with E-state index < -0.39 is 11.9 Å². The lowest BCUT2D eigenvalue weighted by Gasteiger charge is -2.13. The summed E-state index contributed by atoms with van der Waals surface area (Å²) in [6, 6.07) is 3.95. The lowest BCUT2D eigenvalue weighted by Crippen LogP contribution is -2.12. The van der Waals surface area contributed by atoms with Gasteiger partial charge in [0.1, 0.15) is 11.6 Å². The van der Waals surface area contributed by atoms with E-state index in [1.165, 1.54) is 12.4 Å². The monoisotopic (exact) mass is 377 g/mol. The van der Waals surface area contributed by atoms with E-state index in [9.17, 15) is 13.2 Å². The van der Waals surface area contributed by atoms with Gasteiger partial charge in [-0.05, 0) is 12.1 Å². The highest BCUT2D eigenvalue weighted by Gasteiger charge is 2.34. The molecule has 0 saturated heterocycles. The summed E-state index contributed by atoms with van der Waals surface area (Å²) in [6.45, 7) is 6.03. The van der Waals surface area contributed by atoms with Gasteiger partial charge in [-0.15, -0.1) is 0 Å². The fourth-order valence-electron chi connectivity index (χ4n) is 2.22. The van der Waals surface area contributed by atoms with Crippen LogP contribution in [-0.2, 0) is 18.1 Å². The molecule has 3 aromatic heterocycles. The number of nitrogens with zero attached hydrogens (tertiary/aromatic N) is 4. The number of hydrogen-bond acceptors (Lipinski definition) is 6. The summed E-state index contributed by atoms with van der Waals surface area (Å²) in [6.07, 6.45) is -0.0519. The molecule has 3 heterocycles. The second kappa shape index (κ2) is 6.98. The first kappa shape index (κ1) is 18.8. The van der Waals surface area contributed by atoms with E-state index >= 15 is 0 Å². The summed E-state index contributed by atoms with van der Waals surface area (Å²) >= 11 is 0. The van der Waals surface area contributed by atoms with Crippen LogP contribution in [0.5, 0.6) is 0 Å². The van der Waals surface area contributed by atoms with E-state index in [-0.39, 0.29) is 23.6 Å². The Balaban J connectivity index is 1.87. The molecule has 9 heteroatoms. The molecule has 0 bridgehead atoms. The predicted molar refractivity (Wildman–Crippen MR) is 92.8 cm³/mol. The molecule has 142 valence electrons. The first-order chi connectivity index (χ1) is 12.6. The number of anilines is 1. The molecule has 0 atom stereocenters. The van der Waals surface area contributed by atoms with Crippen LogP contribution in [0.15, 0.2) is 41.2 Å². The largest absolute Gasteiger partial charge is 0.443 e. The molecule has 0 amide bonds. The van der Waals surface area contributed by atoms with Crippen molar-refractivity contribution in [3.05, 3.63) is 54.1 Å². The maximum absolute atomic E-state index is 13.2. The van der Waals surface area contributed by atoms with Crippen molar-refractivity contribution in [2.75, 3.05) is 5.32 Å². The van der Waals surface area contributed by atoms with Gasteiger partial charge < -0.3 is 9.73 Å². The first-order valence-electron chi connectivity index (χ1n) is 8.18. The zero-order valence-electron chi connectivity index (χ0n) is 15.0. The van der Waals surface area contributed by atoms with Gasteiger partial charge in [0.05, 0.1) is 12.7 Å². The molecule has 0 fully saturated rings. The smallest absolute Gasteiger partial charge is 0.433 e. The molecule has 3 rings (SSSR count). The molecule has 6 nitrogen and oxygen atoms in total. The molecule has 0 radical (unpaired) electrons. The Morgan fingerprint density at radius 3 is 2.37 bits per heavy atom. The summed E-state index contributed by atoms with van der Waals surface area (Å²) in [5.74, 6) is 1.03. The van der Waals surface area contributed by atoms with Gasteiger partial charge in [0.25, 0.3) is 0 Å². The SMILES string of the molecule is CC(C)(C)c1cnc(CNc2cc(C(F)(F)F)nc(-c3ccncc3)n2)o1. The number of rotatable bonds is 4. The Morgan fingerprint density at radius 2 is 1.78 bits per heavy atom. The summed E-state index contributed by atoms with van der Waals surface area (Å²) in [5, 5.41) is 2.83. The van der Waals surface area contributed by atoms with Crippen LogP contribution in [-0.4, -0.2) is 19.9 Å². The van der Waals surface area contributed by atoms with Crippen LogP contribution in [0.1, 0.15) is 38.1 Å². The second-order valence-electron chi connectivity index (χ2n) is 6.92. The normalized spacial score (nSPS) is 12.2. The maximum Gasteiger partial charge on any atom is 0.433 e. The van der Waals surface area contributed by atoms with E-state index in [0.29, 0.717) is 17.2 Å². The zero-order valence-corrected chi connectivity index (χ0v) is 15.0. The van der Waals surface area contributed by atoms with Gasteiger partial charge in [-0.3, -0.25) is 4.98 Å². The maximum atomic E-state index is 13.2. The van der Waals surface area contributed by atoms with Crippen molar-refractivity contribution in [1.82, 2.24) is 19.9 Å². The Labute approximate surface area is 153 Å². The number of nitrogens with one attached hydrogen (secondary N) is 1. The number of hydrogen-bond donors (Lipinski definition) is 1. The van der Waals surface area contributed by atoms with Crippen LogP contribution in [0.2, 0.25) is 0 Å². The van der Waals surface area contributed by atoms with Crippen LogP contribution >= 0.6 is 0 Å². The molecule has 0 unspecified atom stereocenters. The van der Waals surface area contributed by atoms with Crippen molar-refractivity contribution in [2.45, 2.75) is 38.9 Å². The third kappa shape index (κ3) is 4.60. The van der Waals surface area contributed by atoms with Crippen molar-refractivity contribution >= 4 is 5.82 Å². The topological polar surface area (TPSA) is 76.7 Å². The molecular weight excluding hydrogens is 359 g/mol. The summed E-state index contributed by atoms with van der Waals surface area (Å²) in [5.41, 5.74) is -0.808. The highest BCUT2D eigenvalue weighted by atomic mass is 19.4. The highest BCUT2D eigenvalue weighted by molar-refractivity contribution is 5.57. The summed E-state index contributed by atoms with van der Waals surface area (Å²) in [7, 11) is 0. The van der Waals surface area contributed by atoms with E-state index in [1.807, 2.05) is 20.8 Å². The van der Waals surface area contributed by atoms with E-state index in [2.05, 4.69) is 25.3 Å². The minimum Gasteiger partial charge on any atom is -0.443 e. The average molecular weight is 377 g/mol. The van der Waals surface area contributed by atoms with Crippen LogP contribution in [0.3, 0.4) is 0 Å². The van der Waals surface area contributed by atoms with E-state index in [4.69, 9.17) is 4.42 Å². The molecule has 0 aliphatic rings. The average Bonchev–Trinajstić information content (AvgIpc) is 3.09. The third-order valence-electron chi connectivity index (χ3n) is 3.67. The molecule has 0 aromatic carbocycles. The minimum absolute atomic E-state index is 0.0274. The first-order valence-corrected chi connectivity index (χ1v) is 8.18. The molecule has 27 heavy (non-hydrogen) atoms. The van der Waals surface area contributed by atoms with Crippen molar-refractivity contribution < 1.29 is 17.6 Å². The lowest BCUT2D eigenvalue weighted by molar-refractivity contribution is -0.141. The van der Waals surface area contributed by atoms with Crippen LogP contribution in [0.25, 0.3) is 11.4 Å². The quantitative estimate of drug-likeness (QED) is 0.724. The zero-order chi connectivity index (χ0) is 19.7.